The second kappa shape index (κ2) is 7.66. The number of aliphatic hydroxyl groups is 1. The van der Waals surface area contributed by atoms with Crippen LogP contribution in [0.3, 0.4) is 0 Å². The van der Waals surface area contributed by atoms with Crippen molar-refractivity contribution >= 4 is 5.91 Å². The fourth-order valence-electron chi connectivity index (χ4n) is 3.38. The van der Waals surface area contributed by atoms with Crippen LogP contribution in [0.4, 0.5) is 0 Å². The summed E-state index contributed by atoms with van der Waals surface area (Å²) < 4.78 is 10.6. The molecule has 1 amide bonds. The lowest BCUT2D eigenvalue weighted by molar-refractivity contribution is 0.0551. The zero-order valence-corrected chi connectivity index (χ0v) is 14.0. The van der Waals surface area contributed by atoms with E-state index in [-0.39, 0.29) is 11.9 Å². The highest BCUT2D eigenvalue weighted by atomic mass is 16.4. The van der Waals surface area contributed by atoms with E-state index < -0.39 is 6.10 Å². The predicted octanol–water partition coefficient (Wildman–Crippen LogP) is 3.34. The Bertz CT molecular complexity index is 650. The third-order valence-corrected chi connectivity index (χ3v) is 4.67. The molecule has 1 N–H and O–H groups in total. The maximum atomic E-state index is 13.0. The second-order valence-corrected chi connectivity index (χ2v) is 6.25. The Labute approximate surface area is 141 Å². The predicted molar refractivity (Wildman–Crippen MR) is 87.5 cm³/mol. The van der Waals surface area contributed by atoms with Gasteiger partial charge in [-0.15, -0.1) is 0 Å². The fourth-order valence-corrected chi connectivity index (χ4v) is 3.38. The molecule has 0 radical (unpaired) electrons. The average molecular weight is 332 g/mol. The number of aromatic nitrogens is 1. The summed E-state index contributed by atoms with van der Waals surface area (Å²) in [5, 5.41) is 10.4. The molecule has 1 fully saturated rings. The van der Waals surface area contributed by atoms with Crippen molar-refractivity contribution in [3.8, 4) is 0 Å². The number of aryl methyl sites for hydroxylation is 1. The Morgan fingerprint density at radius 2 is 2.29 bits per heavy atom. The Hall–Kier alpha value is -2.08. The molecular weight excluding hydrogens is 308 g/mol. The number of hydrogen-bond donors (Lipinski definition) is 1. The topological polar surface area (TPSA) is 79.7 Å². The van der Waals surface area contributed by atoms with E-state index in [4.69, 9.17) is 8.83 Å². The number of rotatable bonds is 5. The zero-order valence-electron chi connectivity index (χ0n) is 14.0. The summed E-state index contributed by atoms with van der Waals surface area (Å²) in [4.78, 5) is 18.9. The van der Waals surface area contributed by atoms with E-state index in [1.165, 1.54) is 6.39 Å². The number of nitrogens with zero attached hydrogens (tertiary/aromatic N) is 2. The van der Waals surface area contributed by atoms with Crippen molar-refractivity contribution in [1.29, 1.82) is 0 Å². The summed E-state index contributed by atoms with van der Waals surface area (Å²) in [5.74, 6) is 1.07. The maximum Gasteiger partial charge on any atom is 0.276 e. The van der Waals surface area contributed by atoms with Crippen LogP contribution in [-0.2, 0) is 6.42 Å². The smallest absolute Gasteiger partial charge is 0.276 e. The molecule has 1 saturated heterocycles. The van der Waals surface area contributed by atoms with E-state index >= 15 is 0 Å². The number of carbonyl (C=O) groups is 1. The molecule has 130 valence electrons. The Morgan fingerprint density at radius 3 is 3.04 bits per heavy atom. The molecule has 2 aromatic rings. The Morgan fingerprint density at radius 1 is 1.42 bits per heavy atom. The van der Waals surface area contributed by atoms with E-state index in [1.807, 2.05) is 11.8 Å². The van der Waals surface area contributed by atoms with Gasteiger partial charge < -0.3 is 18.8 Å². The summed E-state index contributed by atoms with van der Waals surface area (Å²) >= 11 is 0. The molecule has 3 heterocycles. The molecule has 1 aliphatic heterocycles. The highest BCUT2D eigenvalue weighted by Gasteiger charge is 2.31. The minimum atomic E-state index is -0.707. The third-order valence-electron chi connectivity index (χ3n) is 4.67. The van der Waals surface area contributed by atoms with Gasteiger partial charge in [0.15, 0.2) is 12.1 Å². The molecule has 6 heteroatoms. The van der Waals surface area contributed by atoms with E-state index in [0.717, 1.165) is 25.7 Å². The molecule has 2 atom stereocenters. The molecule has 2 unspecified atom stereocenters. The van der Waals surface area contributed by atoms with Gasteiger partial charge in [0.05, 0.1) is 6.26 Å². The monoisotopic (exact) mass is 332 g/mol. The van der Waals surface area contributed by atoms with Crippen molar-refractivity contribution in [3.63, 3.8) is 0 Å². The first-order valence-electron chi connectivity index (χ1n) is 8.65. The molecule has 1 aliphatic rings. The van der Waals surface area contributed by atoms with Gasteiger partial charge in [0.2, 0.25) is 0 Å². The molecule has 0 aromatic carbocycles. The molecule has 3 rings (SSSR count). The van der Waals surface area contributed by atoms with Gasteiger partial charge in [-0.3, -0.25) is 4.79 Å². The first-order chi connectivity index (χ1) is 11.7. The van der Waals surface area contributed by atoms with Crippen molar-refractivity contribution in [2.45, 2.75) is 57.6 Å². The van der Waals surface area contributed by atoms with Crippen LogP contribution in [0.15, 0.2) is 33.6 Å². The van der Waals surface area contributed by atoms with Crippen LogP contribution in [-0.4, -0.2) is 33.5 Å². The maximum absolute atomic E-state index is 13.0. The first kappa shape index (κ1) is 16.8. The van der Waals surface area contributed by atoms with Gasteiger partial charge in [0, 0.05) is 25.4 Å². The number of furan rings is 1. The van der Waals surface area contributed by atoms with Crippen LogP contribution in [0.5, 0.6) is 0 Å². The number of oxazole rings is 1. The van der Waals surface area contributed by atoms with Gasteiger partial charge >= 0.3 is 0 Å². The molecule has 24 heavy (non-hydrogen) atoms. The number of likely N-dealkylation sites (tertiary alicyclic amines) is 1. The van der Waals surface area contributed by atoms with Crippen LogP contribution in [0, 0.1) is 0 Å². The van der Waals surface area contributed by atoms with Gasteiger partial charge in [-0.05, 0) is 25.0 Å². The normalized spacial score (nSPS) is 19.9. The van der Waals surface area contributed by atoms with Crippen LogP contribution < -0.4 is 0 Å². The molecule has 2 aromatic heterocycles. The van der Waals surface area contributed by atoms with Gasteiger partial charge in [-0.25, -0.2) is 4.98 Å². The number of hydrogen-bond acceptors (Lipinski definition) is 5. The minimum Gasteiger partial charge on any atom is -0.467 e. The molecule has 0 aliphatic carbocycles. The second-order valence-electron chi connectivity index (χ2n) is 6.25. The SMILES string of the molecule is CCc1ocnc1C(=O)N1CCCCCC1CC(O)c1ccco1. The summed E-state index contributed by atoms with van der Waals surface area (Å²) in [6.45, 7) is 2.63. The lowest BCUT2D eigenvalue weighted by atomic mass is 10.0. The highest BCUT2D eigenvalue weighted by Crippen LogP contribution is 2.28. The van der Waals surface area contributed by atoms with Gasteiger partial charge in [-0.2, -0.15) is 0 Å². The Kier molecular flexibility index (Phi) is 5.35. The summed E-state index contributed by atoms with van der Waals surface area (Å²) in [7, 11) is 0. The van der Waals surface area contributed by atoms with E-state index in [0.29, 0.717) is 36.6 Å². The van der Waals surface area contributed by atoms with Crippen LogP contribution in [0.1, 0.15) is 67.1 Å². The van der Waals surface area contributed by atoms with E-state index in [9.17, 15) is 9.90 Å². The molecule has 0 spiro atoms. The van der Waals surface area contributed by atoms with Crippen molar-refractivity contribution < 1.29 is 18.7 Å². The quantitative estimate of drug-likeness (QED) is 0.908. The number of amides is 1. The molecule has 0 bridgehead atoms. The highest BCUT2D eigenvalue weighted by molar-refractivity contribution is 5.93. The van der Waals surface area contributed by atoms with Crippen molar-refractivity contribution in [1.82, 2.24) is 9.88 Å². The van der Waals surface area contributed by atoms with E-state index in [1.54, 1.807) is 18.4 Å². The lowest BCUT2D eigenvalue weighted by Gasteiger charge is -2.30. The van der Waals surface area contributed by atoms with Gasteiger partial charge in [0.1, 0.15) is 17.6 Å². The average Bonchev–Trinajstić information content (AvgIpc) is 3.23. The largest absolute Gasteiger partial charge is 0.467 e. The standard InChI is InChI=1S/C18H24N2O4/c1-2-15-17(19-12-24-15)18(22)20-9-5-3-4-7-13(20)11-14(21)16-8-6-10-23-16/h6,8,10,12-14,21H,2-5,7,9,11H2,1H3. The fraction of sp³-hybridized carbons (Fsp3) is 0.556. The summed E-state index contributed by atoms with van der Waals surface area (Å²) in [6.07, 6.45) is 7.28. The van der Waals surface area contributed by atoms with Crippen LogP contribution >= 0.6 is 0 Å². The zero-order chi connectivity index (χ0) is 16.9. The van der Waals surface area contributed by atoms with E-state index in [2.05, 4.69) is 4.98 Å². The summed E-state index contributed by atoms with van der Waals surface area (Å²) in [5.41, 5.74) is 0.400. The van der Waals surface area contributed by atoms with Crippen LogP contribution in [0.2, 0.25) is 0 Å². The molecule has 6 nitrogen and oxygen atoms in total. The Balaban J connectivity index is 1.78. The minimum absolute atomic E-state index is 0.0264. The van der Waals surface area contributed by atoms with Gasteiger partial charge in [-0.1, -0.05) is 19.8 Å². The third kappa shape index (κ3) is 3.53. The van der Waals surface area contributed by atoms with Gasteiger partial charge in [0.25, 0.3) is 5.91 Å². The summed E-state index contributed by atoms with van der Waals surface area (Å²) in [6, 6.07) is 3.50. The van der Waals surface area contributed by atoms with Crippen molar-refractivity contribution in [2.24, 2.45) is 0 Å². The number of aliphatic hydroxyl groups excluding tert-OH is 1. The van der Waals surface area contributed by atoms with Crippen molar-refractivity contribution in [2.75, 3.05) is 6.54 Å². The van der Waals surface area contributed by atoms with Crippen LogP contribution in [0.25, 0.3) is 0 Å². The molecular formula is C18H24N2O4. The lowest BCUT2D eigenvalue weighted by Crippen LogP contribution is -2.41. The molecule has 0 saturated carbocycles. The van der Waals surface area contributed by atoms with Crippen molar-refractivity contribution in [3.05, 3.63) is 42.0 Å². The first-order valence-corrected chi connectivity index (χ1v) is 8.65. The number of carbonyl (C=O) groups excluding carboxylic acids is 1.